The summed E-state index contributed by atoms with van der Waals surface area (Å²) in [5, 5.41) is 0.904. The number of carbonyl (C=O) groups is 1. The van der Waals surface area contributed by atoms with E-state index in [9.17, 15) is 4.79 Å². The Hall–Kier alpha value is -1.99. The highest BCUT2D eigenvalue weighted by molar-refractivity contribution is 7.99. The number of ether oxygens (including phenoxy) is 1. The van der Waals surface area contributed by atoms with Gasteiger partial charge in [-0.05, 0) is 62.5 Å². The van der Waals surface area contributed by atoms with Crippen LogP contribution in [0.25, 0.3) is 0 Å². The van der Waals surface area contributed by atoms with E-state index in [1.54, 1.807) is 25.1 Å². The van der Waals surface area contributed by atoms with Gasteiger partial charge in [0.25, 0.3) is 6.01 Å². The molecule has 0 radical (unpaired) electrons. The summed E-state index contributed by atoms with van der Waals surface area (Å²) in [5.41, 5.74) is 7.44. The summed E-state index contributed by atoms with van der Waals surface area (Å²) >= 11 is 1.58. The molecule has 3 aliphatic heterocycles. The van der Waals surface area contributed by atoms with E-state index in [-0.39, 0.29) is 5.91 Å². The Kier molecular flexibility index (Phi) is 4.67. The van der Waals surface area contributed by atoms with Crippen molar-refractivity contribution in [2.45, 2.75) is 41.6 Å². The van der Waals surface area contributed by atoms with Crippen LogP contribution in [0.15, 0.2) is 34.3 Å². The van der Waals surface area contributed by atoms with E-state index < -0.39 is 0 Å². The molecule has 2 atom stereocenters. The number of amides is 1. The van der Waals surface area contributed by atoms with Gasteiger partial charge in [-0.3, -0.25) is 4.79 Å². The second kappa shape index (κ2) is 6.96. The number of nitrogens with one attached hydrogen (secondary N) is 1. The Morgan fingerprint density at radius 1 is 1.38 bits per heavy atom. The van der Waals surface area contributed by atoms with Gasteiger partial charge in [0.05, 0.1) is 18.3 Å². The maximum atomic E-state index is 12.1. The molecule has 138 valence electrons. The van der Waals surface area contributed by atoms with Crippen molar-refractivity contribution in [2.75, 3.05) is 20.2 Å². The Balaban J connectivity index is 1.68. The topological polar surface area (TPSA) is 84.2 Å². The lowest BCUT2D eigenvalue weighted by Gasteiger charge is -2.50. The molecule has 6 nitrogen and oxygen atoms in total. The van der Waals surface area contributed by atoms with Crippen molar-refractivity contribution in [1.82, 2.24) is 14.9 Å². The number of benzene rings is 1. The van der Waals surface area contributed by atoms with Crippen LogP contribution < -0.4 is 10.5 Å². The summed E-state index contributed by atoms with van der Waals surface area (Å²) < 4.78 is 5.10. The lowest BCUT2D eigenvalue weighted by Crippen LogP contribution is -2.52. The van der Waals surface area contributed by atoms with Crippen LogP contribution in [0, 0.1) is 5.92 Å². The summed E-state index contributed by atoms with van der Waals surface area (Å²) in [6, 6.07) is 6.90. The highest BCUT2D eigenvalue weighted by Gasteiger charge is 2.41. The highest BCUT2D eigenvalue weighted by Crippen LogP contribution is 2.45. The van der Waals surface area contributed by atoms with Crippen LogP contribution in [0.2, 0.25) is 0 Å². The molecule has 4 heterocycles. The minimum atomic E-state index is -0.344. The largest absolute Gasteiger partial charge is 0.468 e. The molecule has 0 spiro atoms. The third-order valence-electron chi connectivity index (χ3n) is 5.78. The van der Waals surface area contributed by atoms with Crippen molar-refractivity contribution in [2.24, 2.45) is 11.7 Å². The molecule has 3 saturated heterocycles. The maximum Gasteiger partial charge on any atom is 0.294 e. The number of hydrogen-bond donors (Lipinski definition) is 2. The number of hydrogen-bond acceptors (Lipinski definition) is 5. The molecule has 26 heavy (non-hydrogen) atoms. The predicted octanol–water partition coefficient (Wildman–Crippen LogP) is 2.87. The van der Waals surface area contributed by atoms with Crippen LogP contribution >= 0.6 is 11.8 Å². The Bertz CT molecular complexity index is 812. The fraction of sp³-hybridized carbons (Fsp3) is 0.474. The summed E-state index contributed by atoms with van der Waals surface area (Å²) in [6.45, 7) is 4.60. The number of methoxy groups -OCH3 is 1. The molecule has 3 aliphatic rings. The van der Waals surface area contributed by atoms with E-state index in [4.69, 9.17) is 10.5 Å². The summed E-state index contributed by atoms with van der Waals surface area (Å²) in [6.07, 6.45) is 4.15. The van der Waals surface area contributed by atoms with Crippen LogP contribution in [-0.2, 0) is 0 Å². The monoisotopic (exact) mass is 372 g/mol. The Morgan fingerprint density at radius 3 is 2.77 bits per heavy atom. The van der Waals surface area contributed by atoms with Gasteiger partial charge < -0.3 is 20.4 Å². The molecule has 0 unspecified atom stereocenters. The minimum Gasteiger partial charge on any atom is -0.468 e. The van der Waals surface area contributed by atoms with Gasteiger partial charge in [0.2, 0.25) is 5.91 Å². The zero-order valence-corrected chi connectivity index (χ0v) is 15.9. The predicted molar refractivity (Wildman–Crippen MR) is 101 cm³/mol. The zero-order valence-electron chi connectivity index (χ0n) is 15.1. The van der Waals surface area contributed by atoms with E-state index in [1.807, 2.05) is 12.1 Å². The molecule has 2 aromatic rings. The van der Waals surface area contributed by atoms with Gasteiger partial charge in [0, 0.05) is 22.4 Å². The Morgan fingerprint density at radius 2 is 2.15 bits per heavy atom. The first-order chi connectivity index (χ1) is 12.6. The van der Waals surface area contributed by atoms with Crippen LogP contribution in [-0.4, -0.2) is 47.0 Å². The second-order valence-corrected chi connectivity index (χ2v) is 8.23. The van der Waals surface area contributed by atoms with Gasteiger partial charge in [0.15, 0.2) is 0 Å². The number of fused-ring (bicyclic) bond motifs is 3. The van der Waals surface area contributed by atoms with Gasteiger partial charge in [-0.1, -0.05) is 11.8 Å². The molecule has 5 rings (SSSR count). The van der Waals surface area contributed by atoms with Crippen LogP contribution in [0.5, 0.6) is 6.01 Å². The molecule has 1 aromatic heterocycles. The molecule has 1 aromatic carbocycles. The first-order valence-electron chi connectivity index (χ1n) is 9.01. The Labute approximate surface area is 157 Å². The van der Waals surface area contributed by atoms with Crippen molar-refractivity contribution >= 4 is 17.7 Å². The molecule has 1 amide bonds. The SMILES string of the molecule is COc1ncc(Sc2ccc(C(N)=O)c([C@H]3C4CCN(CC4)[C@H]3C)c2)[nH]1. The molecule has 0 aliphatic carbocycles. The summed E-state index contributed by atoms with van der Waals surface area (Å²) in [4.78, 5) is 22.9. The number of aromatic amines is 1. The van der Waals surface area contributed by atoms with Gasteiger partial charge >= 0.3 is 0 Å². The van der Waals surface area contributed by atoms with E-state index in [0.717, 1.165) is 28.6 Å². The van der Waals surface area contributed by atoms with Crippen molar-refractivity contribution < 1.29 is 9.53 Å². The quantitative estimate of drug-likeness (QED) is 0.843. The molecule has 3 fully saturated rings. The van der Waals surface area contributed by atoms with Gasteiger partial charge in [-0.25, -0.2) is 4.98 Å². The fourth-order valence-electron chi connectivity index (χ4n) is 4.49. The molecular weight excluding hydrogens is 348 g/mol. The first kappa shape index (κ1) is 17.4. The molecular formula is C19H24N4O2S. The lowest BCUT2D eigenvalue weighted by molar-refractivity contribution is 0.0346. The number of nitrogens with two attached hydrogens (primary N) is 1. The van der Waals surface area contributed by atoms with E-state index >= 15 is 0 Å². The van der Waals surface area contributed by atoms with Crippen LogP contribution in [0.3, 0.4) is 0 Å². The summed E-state index contributed by atoms with van der Waals surface area (Å²) in [5.74, 6) is 0.640. The molecule has 3 N–H and O–H groups in total. The molecule has 0 saturated carbocycles. The average Bonchev–Trinajstić information content (AvgIpc) is 3.10. The van der Waals surface area contributed by atoms with Crippen LogP contribution in [0.4, 0.5) is 0 Å². The number of piperidine rings is 3. The number of H-pyrrole nitrogens is 1. The third-order valence-corrected chi connectivity index (χ3v) is 6.69. The molecule has 2 bridgehead atoms. The van der Waals surface area contributed by atoms with Crippen molar-refractivity contribution in [3.63, 3.8) is 0 Å². The van der Waals surface area contributed by atoms with Gasteiger partial charge in [0.1, 0.15) is 0 Å². The molecule has 7 heteroatoms. The number of primary amides is 1. The van der Waals surface area contributed by atoms with Gasteiger partial charge in [-0.2, -0.15) is 0 Å². The fourth-order valence-corrected chi connectivity index (χ4v) is 5.31. The van der Waals surface area contributed by atoms with E-state index in [1.165, 1.54) is 12.8 Å². The number of rotatable bonds is 5. The third kappa shape index (κ3) is 3.10. The van der Waals surface area contributed by atoms with Crippen molar-refractivity contribution in [3.8, 4) is 6.01 Å². The lowest BCUT2D eigenvalue weighted by atomic mass is 9.70. The number of aromatic nitrogens is 2. The zero-order chi connectivity index (χ0) is 18.3. The van der Waals surface area contributed by atoms with Crippen molar-refractivity contribution in [1.29, 1.82) is 0 Å². The normalized spacial score (nSPS) is 27.5. The average molecular weight is 372 g/mol. The van der Waals surface area contributed by atoms with E-state index in [2.05, 4.69) is 27.9 Å². The van der Waals surface area contributed by atoms with E-state index in [0.29, 0.717) is 29.5 Å². The number of nitrogens with zero attached hydrogens (tertiary/aromatic N) is 2. The standard InChI is InChI=1S/C19H24N4O2S/c1-11-17(12-5-7-23(11)8-6-12)15-9-13(3-4-14(15)18(20)24)26-16-10-21-19(22-16)25-2/h3-4,9-12,17H,5-8H2,1-2H3,(H2,20,24)(H,21,22)/t11-,17+/m0/s1. The maximum absolute atomic E-state index is 12.1. The highest BCUT2D eigenvalue weighted by atomic mass is 32.2. The number of imidazole rings is 1. The van der Waals surface area contributed by atoms with Crippen molar-refractivity contribution in [3.05, 3.63) is 35.5 Å². The second-order valence-electron chi connectivity index (χ2n) is 7.11. The van der Waals surface area contributed by atoms with Crippen LogP contribution in [0.1, 0.15) is 41.6 Å². The summed E-state index contributed by atoms with van der Waals surface area (Å²) in [7, 11) is 1.59. The van der Waals surface area contributed by atoms with Gasteiger partial charge in [-0.15, -0.1) is 0 Å². The minimum absolute atomic E-state index is 0.344. The first-order valence-corrected chi connectivity index (χ1v) is 9.83. The number of carbonyl (C=O) groups excluding carboxylic acids is 1. The smallest absolute Gasteiger partial charge is 0.294 e.